The summed E-state index contributed by atoms with van der Waals surface area (Å²) in [4.78, 5) is 12.6. The molecule has 0 fully saturated rings. The van der Waals surface area contributed by atoms with Crippen LogP contribution in [-0.4, -0.2) is 21.6 Å². The van der Waals surface area contributed by atoms with Gasteiger partial charge in [-0.3, -0.25) is 4.98 Å². The second-order valence-corrected chi connectivity index (χ2v) is 4.91. The van der Waals surface area contributed by atoms with E-state index >= 15 is 0 Å². The number of ether oxygens (including phenoxy) is 1. The van der Waals surface area contributed by atoms with Gasteiger partial charge in [-0.2, -0.15) is 8.78 Å². The molecule has 0 saturated heterocycles. The number of alkyl halides is 2. The van der Waals surface area contributed by atoms with E-state index in [1.54, 1.807) is 6.07 Å². The van der Waals surface area contributed by atoms with Gasteiger partial charge in [-0.15, -0.1) is 0 Å². The maximum atomic E-state index is 12.1. The zero-order valence-corrected chi connectivity index (χ0v) is 12.3. The highest BCUT2D eigenvalue weighted by atomic mass is 19.3. The van der Waals surface area contributed by atoms with Crippen LogP contribution in [0.4, 0.5) is 14.6 Å². The number of nitrogens with zero attached hydrogens (tertiary/aromatic N) is 3. The predicted molar refractivity (Wildman–Crippen MR) is 82.5 cm³/mol. The van der Waals surface area contributed by atoms with E-state index in [4.69, 9.17) is 0 Å². The molecule has 0 aliphatic carbocycles. The van der Waals surface area contributed by atoms with Crippen LogP contribution < -0.4 is 10.1 Å². The average Bonchev–Trinajstić information content (AvgIpc) is 2.54. The molecule has 0 bridgehead atoms. The molecule has 0 aliphatic heterocycles. The number of anilines is 1. The zero-order valence-electron chi connectivity index (χ0n) is 12.3. The fourth-order valence-corrected chi connectivity index (χ4v) is 2.28. The van der Waals surface area contributed by atoms with Crippen LogP contribution in [0.25, 0.3) is 10.9 Å². The third-order valence-electron chi connectivity index (χ3n) is 3.33. The summed E-state index contributed by atoms with van der Waals surface area (Å²) in [5.74, 6) is 0.745. The molecule has 0 spiro atoms. The van der Waals surface area contributed by atoms with Crippen molar-refractivity contribution in [2.75, 3.05) is 5.32 Å². The van der Waals surface area contributed by atoms with Crippen molar-refractivity contribution in [3.05, 3.63) is 54.1 Å². The van der Waals surface area contributed by atoms with Gasteiger partial charge in [0.25, 0.3) is 0 Å². The van der Waals surface area contributed by atoms with Crippen molar-refractivity contribution in [1.82, 2.24) is 15.0 Å². The van der Waals surface area contributed by atoms with Crippen molar-refractivity contribution >= 4 is 16.7 Å². The van der Waals surface area contributed by atoms with Crippen LogP contribution in [0, 0.1) is 6.92 Å². The van der Waals surface area contributed by atoms with Gasteiger partial charge in [-0.05, 0) is 30.7 Å². The second kappa shape index (κ2) is 6.51. The SMILES string of the molecule is Cc1cccc2ncnc(NCc3ccc(OC(F)F)cn3)c12. The Balaban J connectivity index is 1.76. The molecule has 118 valence electrons. The molecular formula is C16H14F2N4O. The molecule has 0 saturated carbocycles. The second-order valence-electron chi connectivity index (χ2n) is 4.91. The number of fused-ring (bicyclic) bond motifs is 1. The number of benzene rings is 1. The van der Waals surface area contributed by atoms with Crippen molar-refractivity contribution in [2.24, 2.45) is 0 Å². The Kier molecular flexibility index (Phi) is 4.27. The number of rotatable bonds is 5. The minimum atomic E-state index is -2.85. The highest BCUT2D eigenvalue weighted by molar-refractivity contribution is 5.91. The Labute approximate surface area is 131 Å². The number of hydrogen-bond donors (Lipinski definition) is 1. The summed E-state index contributed by atoms with van der Waals surface area (Å²) in [6.07, 6.45) is 2.77. The summed E-state index contributed by atoms with van der Waals surface area (Å²) < 4.78 is 28.5. The van der Waals surface area contributed by atoms with Gasteiger partial charge in [0.05, 0.1) is 24.0 Å². The maximum Gasteiger partial charge on any atom is 0.387 e. The molecule has 23 heavy (non-hydrogen) atoms. The lowest BCUT2D eigenvalue weighted by molar-refractivity contribution is -0.0500. The molecule has 3 aromatic rings. The molecule has 1 N–H and O–H groups in total. The van der Waals surface area contributed by atoms with Gasteiger partial charge in [0.1, 0.15) is 17.9 Å². The van der Waals surface area contributed by atoms with E-state index in [1.807, 2.05) is 25.1 Å². The van der Waals surface area contributed by atoms with Gasteiger partial charge < -0.3 is 10.1 Å². The molecule has 2 aromatic heterocycles. The van der Waals surface area contributed by atoms with Gasteiger partial charge in [0.15, 0.2) is 0 Å². The first kappa shape index (κ1) is 15.1. The lowest BCUT2D eigenvalue weighted by Gasteiger charge is -2.10. The summed E-state index contributed by atoms with van der Waals surface area (Å²) in [5.41, 5.74) is 2.61. The lowest BCUT2D eigenvalue weighted by atomic mass is 10.1. The first-order valence-electron chi connectivity index (χ1n) is 6.97. The molecule has 0 radical (unpaired) electrons. The van der Waals surface area contributed by atoms with Gasteiger partial charge in [0, 0.05) is 5.39 Å². The summed E-state index contributed by atoms with van der Waals surface area (Å²) in [6, 6.07) is 8.94. The number of aromatic nitrogens is 3. The van der Waals surface area contributed by atoms with E-state index in [2.05, 4.69) is 25.0 Å². The molecule has 0 unspecified atom stereocenters. The van der Waals surface area contributed by atoms with Crippen LogP contribution in [0.15, 0.2) is 42.9 Å². The zero-order chi connectivity index (χ0) is 16.2. The van der Waals surface area contributed by atoms with E-state index < -0.39 is 6.61 Å². The number of nitrogens with one attached hydrogen (secondary N) is 1. The molecular weight excluding hydrogens is 302 g/mol. The molecule has 0 aliphatic rings. The van der Waals surface area contributed by atoms with E-state index in [0.29, 0.717) is 18.1 Å². The summed E-state index contributed by atoms with van der Waals surface area (Å²) in [7, 11) is 0. The van der Waals surface area contributed by atoms with Crippen LogP contribution in [0.3, 0.4) is 0 Å². The highest BCUT2D eigenvalue weighted by Crippen LogP contribution is 2.23. The van der Waals surface area contributed by atoms with Crippen molar-refractivity contribution in [3.63, 3.8) is 0 Å². The topological polar surface area (TPSA) is 59.9 Å². The molecule has 2 heterocycles. The fraction of sp³-hybridized carbons (Fsp3) is 0.188. The van der Waals surface area contributed by atoms with Crippen LogP contribution in [0.1, 0.15) is 11.3 Å². The molecule has 5 nitrogen and oxygen atoms in total. The van der Waals surface area contributed by atoms with Crippen LogP contribution in [0.2, 0.25) is 0 Å². The number of aryl methyl sites for hydroxylation is 1. The highest BCUT2D eigenvalue weighted by Gasteiger charge is 2.07. The lowest BCUT2D eigenvalue weighted by Crippen LogP contribution is -2.06. The minimum Gasteiger partial charge on any atom is -0.433 e. The quantitative estimate of drug-likeness (QED) is 0.780. The number of halogens is 2. The molecule has 7 heteroatoms. The van der Waals surface area contributed by atoms with Crippen molar-refractivity contribution in [3.8, 4) is 5.75 Å². The third kappa shape index (κ3) is 3.50. The smallest absolute Gasteiger partial charge is 0.387 e. The first-order chi connectivity index (χ1) is 11.1. The Bertz CT molecular complexity index is 804. The Hall–Kier alpha value is -2.83. The summed E-state index contributed by atoms with van der Waals surface area (Å²) in [6.45, 7) is -0.447. The van der Waals surface area contributed by atoms with Gasteiger partial charge in [-0.1, -0.05) is 12.1 Å². The standard InChI is InChI=1S/C16H14F2N4O/c1-10-3-2-4-13-14(10)15(22-9-21-13)20-7-11-5-6-12(8-19-11)23-16(17)18/h2-6,8-9,16H,7H2,1H3,(H,20,21,22). The minimum absolute atomic E-state index is 0.0343. The normalized spacial score (nSPS) is 11.0. The summed E-state index contributed by atoms with van der Waals surface area (Å²) in [5, 5.41) is 4.15. The average molecular weight is 316 g/mol. The van der Waals surface area contributed by atoms with Crippen molar-refractivity contribution < 1.29 is 13.5 Å². The van der Waals surface area contributed by atoms with Crippen LogP contribution >= 0.6 is 0 Å². The predicted octanol–water partition coefficient (Wildman–Crippen LogP) is 3.55. The fourth-order valence-electron chi connectivity index (χ4n) is 2.28. The van der Waals surface area contributed by atoms with E-state index in [0.717, 1.165) is 16.5 Å². The number of pyridine rings is 1. The molecule has 0 amide bonds. The Morgan fingerprint density at radius 1 is 1.13 bits per heavy atom. The first-order valence-corrected chi connectivity index (χ1v) is 6.97. The monoisotopic (exact) mass is 316 g/mol. The van der Waals surface area contributed by atoms with Gasteiger partial charge >= 0.3 is 6.61 Å². The number of hydrogen-bond acceptors (Lipinski definition) is 5. The van der Waals surface area contributed by atoms with E-state index in [9.17, 15) is 8.78 Å². The van der Waals surface area contributed by atoms with E-state index in [-0.39, 0.29) is 5.75 Å². The molecule has 0 atom stereocenters. The summed E-state index contributed by atoms with van der Waals surface area (Å²) >= 11 is 0. The van der Waals surface area contributed by atoms with Gasteiger partial charge in [-0.25, -0.2) is 9.97 Å². The van der Waals surface area contributed by atoms with Crippen LogP contribution in [-0.2, 0) is 6.54 Å². The van der Waals surface area contributed by atoms with Gasteiger partial charge in [0.2, 0.25) is 0 Å². The van der Waals surface area contributed by atoms with Crippen molar-refractivity contribution in [1.29, 1.82) is 0 Å². The van der Waals surface area contributed by atoms with E-state index in [1.165, 1.54) is 18.6 Å². The Morgan fingerprint density at radius 3 is 2.74 bits per heavy atom. The van der Waals surface area contributed by atoms with Crippen LogP contribution in [0.5, 0.6) is 5.75 Å². The van der Waals surface area contributed by atoms with Crippen molar-refractivity contribution in [2.45, 2.75) is 20.1 Å². The molecule has 3 rings (SSSR count). The Morgan fingerprint density at radius 2 is 2.00 bits per heavy atom. The largest absolute Gasteiger partial charge is 0.433 e. The third-order valence-corrected chi connectivity index (χ3v) is 3.33. The molecule has 1 aromatic carbocycles. The maximum absolute atomic E-state index is 12.1.